The lowest BCUT2D eigenvalue weighted by Crippen LogP contribution is -2.56. The Kier molecular flexibility index (Phi) is 4.18. The fourth-order valence-corrected chi connectivity index (χ4v) is 2.69. The number of hydrogen-bond donors (Lipinski definition) is 2. The van der Waals surface area contributed by atoms with Gasteiger partial charge in [-0.15, -0.1) is 0 Å². The maximum absolute atomic E-state index is 11.8. The van der Waals surface area contributed by atoms with Crippen molar-refractivity contribution in [3.63, 3.8) is 0 Å². The minimum absolute atomic E-state index is 0.234. The van der Waals surface area contributed by atoms with Crippen molar-refractivity contribution in [1.82, 2.24) is 4.90 Å². The van der Waals surface area contributed by atoms with Crippen molar-refractivity contribution in [2.24, 2.45) is 0 Å². The van der Waals surface area contributed by atoms with Crippen LogP contribution in [-0.2, 0) is 4.79 Å². The van der Waals surface area contributed by atoms with Gasteiger partial charge >= 0.3 is 5.97 Å². The molecule has 20 heavy (non-hydrogen) atoms. The molecule has 110 valence electrons. The Morgan fingerprint density at radius 2 is 2.30 bits per heavy atom. The van der Waals surface area contributed by atoms with E-state index in [9.17, 15) is 9.90 Å². The molecular formula is C15H22N2O3. The second-order valence-corrected chi connectivity index (χ2v) is 5.53. The monoisotopic (exact) mass is 278 g/mol. The number of nitrogens with one attached hydrogen (secondary N) is 1. The zero-order valence-corrected chi connectivity index (χ0v) is 12.2. The van der Waals surface area contributed by atoms with Gasteiger partial charge in [-0.3, -0.25) is 0 Å². The highest BCUT2D eigenvalue weighted by Gasteiger charge is 2.43. The molecule has 0 bridgehead atoms. The zero-order valence-electron chi connectivity index (χ0n) is 12.2. The summed E-state index contributed by atoms with van der Waals surface area (Å²) in [6.45, 7) is 2.83. The topological polar surface area (TPSA) is 61.8 Å². The third-order valence-electron chi connectivity index (χ3n) is 4.15. The number of rotatable bonds is 4. The lowest BCUT2D eigenvalue weighted by atomic mass is 9.83. The summed E-state index contributed by atoms with van der Waals surface area (Å²) in [5.41, 5.74) is -0.123. The second-order valence-electron chi connectivity index (χ2n) is 5.53. The van der Waals surface area contributed by atoms with Crippen molar-refractivity contribution in [3.05, 3.63) is 24.3 Å². The molecule has 1 heterocycles. The van der Waals surface area contributed by atoms with Crippen LogP contribution in [0.5, 0.6) is 5.75 Å². The van der Waals surface area contributed by atoms with Crippen LogP contribution in [-0.4, -0.2) is 48.3 Å². The van der Waals surface area contributed by atoms with Gasteiger partial charge in [0.2, 0.25) is 0 Å². The normalized spacial score (nSPS) is 27.1. The maximum atomic E-state index is 11.8. The third-order valence-corrected chi connectivity index (χ3v) is 4.15. The predicted octanol–water partition coefficient (Wildman–Crippen LogP) is 2.04. The van der Waals surface area contributed by atoms with E-state index in [4.69, 9.17) is 4.74 Å². The van der Waals surface area contributed by atoms with Crippen LogP contribution < -0.4 is 10.1 Å². The fraction of sp³-hybridized carbons (Fsp3) is 0.533. The van der Waals surface area contributed by atoms with E-state index >= 15 is 0 Å². The number of nitrogens with zero attached hydrogens (tertiary/aromatic N) is 1. The molecule has 1 aromatic carbocycles. The molecule has 1 fully saturated rings. The number of carboxylic acid groups (broad SMARTS) is 1. The molecule has 0 saturated carbocycles. The summed E-state index contributed by atoms with van der Waals surface area (Å²) in [6.07, 6.45) is 1.16. The minimum atomic E-state index is -0.904. The van der Waals surface area contributed by atoms with Gasteiger partial charge < -0.3 is 20.1 Å². The van der Waals surface area contributed by atoms with E-state index in [-0.39, 0.29) is 6.04 Å². The van der Waals surface area contributed by atoms with Gasteiger partial charge in [0, 0.05) is 24.3 Å². The van der Waals surface area contributed by atoms with Crippen molar-refractivity contribution in [1.29, 1.82) is 0 Å². The van der Waals surface area contributed by atoms with Gasteiger partial charge in [-0.1, -0.05) is 6.07 Å². The van der Waals surface area contributed by atoms with Gasteiger partial charge in [0.25, 0.3) is 0 Å². The largest absolute Gasteiger partial charge is 0.497 e. The SMILES string of the molecule is COc1cccc(NC2(C(=O)O)CCN(C)C(C)C2)c1. The average molecular weight is 278 g/mol. The summed E-state index contributed by atoms with van der Waals surface area (Å²) >= 11 is 0. The lowest BCUT2D eigenvalue weighted by Gasteiger charge is -2.42. The van der Waals surface area contributed by atoms with Crippen molar-refractivity contribution in [2.75, 3.05) is 26.0 Å². The molecule has 2 unspecified atom stereocenters. The quantitative estimate of drug-likeness (QED) is 0.882. The molecule has 1 aromatic rings. The van der Waals surface area contributed by atoms with Crippen LogP contribution in [0.3, 0.4) is 0 Å². The molecule has 5 heteroatoms. The molecule has 0 amide bonds. The first-order valence-corrected chi connectivity index (χ1v) is 6.83. The summed E-state index contributed by atoms with van der Waals surface area (Å²) < 4.78 is 5.18. The third kappa shape index (κ3) is 2.88. The first-order chi connectivity index (χ1) is 9.47. The summed E-state index contributed by atoms with van der Waals surface area (Å²) in [5.74, 6) is -0.0724. The number of anilines is 1. The molecular weight excluding hydrogens is 256 g/mol. The summed E-state index contributed by atoms with van der Waals surface area (Å²) in [4.78, 5) is 14.0. The van der Waals surface area contributed by atoms with Gasteiger partial charge in [0.1, 0.15) is 11.3 Å². The first kappa shape index (κ1) is 14.7. The zero-order chi connectivity index (χ0) is 14.8. The van der Waals surface area contributed by atoms with Gasteiger partial charge in [-0.2, -0.15) is 0 Å². The molecule has 0 aliphatic carbocycles. The van der Waals surface area contributed by atoms with Crippen LogP contribution in [0.25, 0.3) is 0 Å². The van der Waals surface area contributed by atoms with Gasteiger partial charge in [0.05, 0.1) is 7.11 Å². The second kappa shape index (κ2) is 5.71. The van der Waals surface area contributed by atoms with E-state index in [0.29, 0.717) is 12.8 Å². The Morgan fingerprint density at radius 3 is 2.90 bits per heavy atom. The van der Waals surface area contributed by atoms with E-state index in [2.05, 4.69) is 17.1 Å². The number of aliphatic carboxylic acids is 1. The van der Waals surface area contributed by atoms with E-state index in [1.54, 1.807) is 7.11 Å². The minimum Gasteiger partial charge on any atom is -0.497 e. The molecule has 0 aromatic heterocycles. The Bertz CT molecular complexity index is 492. The number of carbonyl (C=O) groups is 1. The molecule has 5 nitrogen and oxygen atoms in total. The molecule has 1 saturated heterocycles. The lowest BCUT2D eigenvalue weighted by molar-refractivity contribution is -0.144. The first-order valence-electron chi connectivity index (χ1n) is 6.83. The Hall–Kier alpha value is -1.75. The van der Waals surface area contributed by atoms with Crippen molar-refractivity contribution in [2.45, 2.75) is 31.3 Å². The maximum Gasteiger partial charge on any atom is 0.329 e. The Labute approximate surface area is 119 Å². The summed E-state index contributed by atoms with van der Waals surface area (Å²) in [7, 11) is 3.63. The van der Waals surface area contributed by atoms with E-state index in [0.717, 1.165) is 18.0 Å². The summed E-state index contributed by atoms with van der Waals surface area (Å²) in [6, 6.07) is 7.63. The molecule has 2 atom stereocenters. The number of piperidine rings is 1. The number of benzene rings is 1. The van der Waals surface area contributed by atoms with Gasteiger partial charge in [-0.05, 0) is 38.9 Å². The molecule has 2 N–H and O–H groups in total. The Morgan fingerprint density at radius 1 is 1.55 bits per heavy atom. The molecule has 1 aliphatic heterocycles. The van der Waals surface area contributed by atoms with Crippen LogP contribution in [0.15, 0.2) is 24.3 Å². The average Bonchev–Trinajstić information content (AvgIpc) is 2.43. The molecule has 0 spiro atoms. The smallest absolute Gasteiger partial charge is 0.329 e. The van der Waals surface area contributed by atoms with Crippen LogP contribution in [0.1, 0.15) is 19.8 Å². The van der Waals surface area contributed by atoms with Crippen molar-refractivity contribution in [3.8, 4) is 5.75 Å². The number of methoxy groups -OCH3 is 1. The van der Waals surface area contributed by atoms with E-state index in [1.807, 2.05) is 31.3 Å². The van der Waals surface area contributed by atoms with Crippen LogP contribution in [0, 0.1) is 0 Å². The van der Waals surface area contributed by atoms with Crippen molar-refractivity contribution >= 4 is 11.7 Å². The number of likely N-dealkylation sites (tertiary alicyclic amines) is 1. The molecule has 0 radical (unpaired) electrons. The molecule has 2 rings (SSSR count). The van der Waals surface area contributed by atoms with Crippen molar-refractivity contribution < 1.29 is 14.6 Å². The number of carboxylic acids is 1. The van der Waals surface area contributed by atoms with E-state index in [1.165, 1.54) is 0 Å². The standard InChI is InChI=1S/C15H22N2O3/c1-11-10-15(14(18)19,7-8-17(11)2)16-12-5-4-6-13(9-12)20-3/h4-6,9,11,16H,7-8,10H2,1-3H3,(H,18,19). The number of hydrogen-bond acceptors (Lipinski definition) is 4. The molecule has 1 aliphatic rings. The van der Waals surface area contributed by atoms with Crippen LogP contribution >= 0.6 is 0 Å². The van der Waals surface area contributed by atoms with Gasteiger partial charge in [-0.25, -0.2) is 4.79 Å². The van der Waals surface area contributed by atoms with E-state index < -0.39 is 11.5 Å². The highest BCUT2D eigenvalue weighted by atomic mass is 16.5. The van der Waals surface area contributed by atoms with Crippen LogP contribution in [0.2, 0.25) is 0 Å². The summed E-state index contributed by atoms with van der Waals surface area (Å²) in [5, 5.41) is 12.9. The fourth-order valence-electron chi connectivity index (χ4n) is 2.69. The predicted molar refractivity (Wildman–Crippen MR) is 78.3 cm³/mol. The highest BCUT2D eigenvalue weighted by molar-refractivity contribution is 5.83. The number of ether oxygens (including phenoxy) is 1. The van der Waals surface area contributed by atoms with Gasteiger partial charge in [0.15, 0.2) is 0 Å². The Balaban J connectivity index is 2.23. The highest BCUT2D eigenvalue weighted by Crippen LogP contribution is 2.31. The van der Waals surface area contributed by atoms with Crippen LogP contribution in [0.4, 0.5) is 5.69 Å².